The van der Waals surface area contributed by atoms with Crippen molar-refractivity contribution in [1.29, 1.82) is 0 Å². The predicted octanol–water partition coefficient (Wildman–Crippen LogP) is 7.99. The molecular formula is C52H50Cl2F2N2O14. The Kier molecular flexibility index (Phi) is 20.9. The van der Waals surface area contributed by atoms with Gasteiger partial charge in [-0.15, -0.1) is 0 Å². The van der Waals surface area contributed by atoms with Gasteiger partial charge in [-0.1, -0.05) is 23.2 Å². The Morgan fingerprint density at radius 2 is 0.861 bits per heavy atom. The molecule has 0 spiro atoms. The lowest BCUT2D eigenvalue weighted by molar-refractivity contribution is 0.0786. The Labute approximate surface area is 422 Å². The van der Waals surface area contributed by atoms with Crippen molar-refractivity contribution in [2.75, 3.05) is 68.1 Å². The van der Waals surface area contributed by atoms with Crippen LogP contribution in [0.3, 0.4) is 0 Å². The summed E-state index contributed by atoms with van der Waals surface area (Å²) in [5.41, 5.74) is 1.91. The van der Waals surface area contributed by atoms with Crippen molar-refractivity contribution in [3.63, 3.8) is 0 Å². The molecule has 20 heteroatoms. The number of nitrogens with zero attached hydrogens (tertiary/aromatic N) is 2. The van der Waals surface area contributed by atoms with Gasteiger partial charge >= 0.3 is 0 Å². The Morgan fingerprint density at radius 1 is 0.500 bits per heavy atom. The third-order valence-corrected chi connectivity index (χ3v) is 11.3. The van der Waals surface area contributed by atoms with Gasteiger partial charge in [-0.3, -0.25) is 19.2 Å². The molecule has 4 aromatic carbocycles. The van der Waals surface area contributed by atoms with Crippen LogP contribution in [-0.4, -0.2) is 122 Å². The molecule has 4 N–H and O–H groups in total. The van der Waals surface area contributed by atoms with E-state index in [1.165, 1.54) is 126 Å². The van der Waals surface area contributed by atoms with Gasteiger partial charge in [-0.25, -0.2) is 18.7 Å². The summed E-state index contributed by atoms with van der Waals surface area (Å²) in [4.78, 5) is 60.9. The number of hydrogen-bond acceptors (Lipinski definition) is 16. The van der Waals surface area contributed by atoms with Crippen LogP contribution in [0.1, 0.15) is 54.5 Å². The van der Waals surface area contributed by atoms with Gasteiger partial charge in [0, 0.05) is 35.1 Å². The van der Waals surface area contributed by atoms with Gasteiger partial charge in [0.25, 0.3) is 0 Å². The SMILES string of the molecule is COc1cc(C(=O)C[C@@H](CO)C(=O)c2ccc(OC)c(-c3ccc(F)c(Cl)c3)n2)ccc1OCCO.COc1cc(C(=O)C[C@H](CO)C(=O)c2ccc(OC)c(-c3ccc(F)c(Cl)c3)n2)ccc1OCCO. The first-order chi connectivity index (χ1) is 34.6. The Morgan fingerprint density at radius 3 is 1.18 bits per heavy atom. The summed E-state index contributed by atoms with van der Waals surface area (Å²) in [6.45, 7) is -1.40. The lowest BCUT2D eigenvalue weighted by atomic mass is 9.93. The third kappa shape index (κ3) is 14.1. The van der Waals surface area contributed by atoms with E-state index in [1.807, 2.05) is 0 Å². The zero-order valence-electron chi connectivity index (χ0n) is 39.3. The second kappa shape index (κ2) is 27.0. The van der Waals surface area contributed by atoms with Crippen molar-refractivity contribution >= 4 is 46.3 Å². The highest BCUT2D eigenvalue weighted by Gasteiger charge is 2.28. The maximum absolute atomic E-state index is 13.6. The van der Waals surface area contributed by atoms with Crippen molar-refractivity contribution in [3.8, 4) is 57.0 Å². The van der Waals surface area contributed by atoms with Gasteiger partial charge < -0.3 is 48.8 Å². The molecule has 380 valence electrons. The van der Waals surface area contributed by atoms with E-state index in [-0.39, 0.29) is 83.2 Å². The highest BCUT2D eigenvalue weighted by atomic mass is 35.5. The molecule has 0 saturated heterocycles. The lowest BCUT2D eigenvalue weighted by Gasteiger charge is -2.15. The van der Waals surface area contributed by atoms with Crippen LogP contribution in [-0.2, 0) is 0 Å². The molecule has 6 rings (SSSR count). The fourth-order valence-electron chi connectivity index (χ4n) is 7.01. The number of ketones is 4. The van der Waals surface area contributed by atoms with E-state index in [1.54, 1.807) is 0 Å². The first-order valence-corrected chi connectivity index (χ1v) is 22.6. The number of ether oxygens (including phenoxy) is 6. The summed E-state index contributed by atoms with van der Waals surface area (Å²) in [7, 11) is 5.68. The molecule has 0 bridgehead atoms. The quantitative estimate of drug-likeness (QED) is 0.0421. The largest absolute Gasteiger partial charge is 0.494 e. The third-order valence-electron chi connectivity index (χ3n) is 10.8. The molecule has 0 aliphatic rings. The smallest absolute Gasteiger partial charge is 0.187 e. The highest BCUT2D eigenvalue weighted by Crippen LogP contribution is 2.35. The summed E-state index contributed by atoms with van der Waals surface area (Å²) >= 11 is 11.8. The number of benzene rings is 4. The fraction of sp³-hybridized carbons (Fsp3) is 0.269. The molecule has 6 aromatic rings. The highest BCUT2D eigenvalue weighted by molar-refractivity contribution is 6.31. The number of hydrogen-bond donors (Lipinski definition) is 4. The number of halogens is 4. The number of methoxy groups -OCH3 is 4. The Balaban J connectivity index is 0.000000267. The summed E-state index contributed by atoms with van der Waals surface area (Å²) < 4.78 is 59.1. The first kappa shape index (κ1) is 55.9. The van der Waals surface area contributed by atoms with Crippen molar-refractivity contribution in [2.24, 2.45) is 11.8 Å². The van der Waals surface area contributed by atoms with Gasteiger partial charge in [0.1, 0.15) is 59.1 Å². The predicted molar refractivity (Wildman–Crippen MR) is 261 cm³/mol. The zero-order valence-corrected chi connectivity index (χ0v) is 40.8. The second-order valence-electron chi connectivity index (χ2n) is 15.4. The number of carbonyl (C=O) groups is 4. The number of Topliss-reactive ketones (excluding diaryl/α,β-unsaturated/α-hetero) is 4. The van der Waals surface area contributed by atoms with Crippen LogP contribution in [0.5, 0.6) is 34.5 Å². The van der Waals surface area contributed by atoms with Crippen molar-refractivity contribution in [1.82, 2.24) is 9.97 Å². The van der Waals surface area contributed by atoms with Gasteiger partial charge in [-0.2, -0.15) is 0 Å². The first-order valence-electron chi connectivity index (χ1n) is 21.9. The topological polar surface area (TPSA) is 230 Å². The van der Waals surface area contributed by atoms with E-state index in [0.717, 1.165) is 0 Å². The summed E-state index contributed by atoms with van der Waals surface area (Å²) in [6, 6.07) is 22.9. The Bertz CT molecular complexity index is 2690. The van der Waals surface area contributed by atoms with Gasteiger partial charge in [0.15, 0.2) is 46.1 Å². The van der Waals surface area contributed by atoms with Crippen LogP contribution in [0.15, 0.2) is 97.1 Å². The van der Waals surface area contributed by atoms with Crippen LogP contribution in [0.4, 0.5) is 8.78 Å². The minimum Gasteiger partial charge on any atom is -0.494 e. The maximum Gasteiger partial charge on any atom is 0.187 e. The van der Waals surface area contributed by atoms with E-state index in [2.05, 4.69) is 9.97 Å². The molecule has 2 atom stereocenters. The molecule has 2 heterocycles. The second-order valence-corrected chi connectivity index (χ2v) is 16.2. The van der Waals surface area contributed by atoms with Crippen molar-refractivity contribution in [2.45, 2.75) is 12.8 Å². The number of pyridine rings is 2. The molecule has 0 radical (unpaired) electrons. The molecule has 0 aliphatic heterocycles. The fourth-order valence-corrected chi connectivity index (χ4v) is 7.37. The van der Waals surface area contributed by atoms with Gasteiger partial charge in [0.05, 0.1) is 76.7 Å². The minimum atomic E-state index is -1.06. The lowest BCUT2D eigenvalue weighted by Crippen LogP contribution is -2.23. The van der Waals surface area contributed by atoms with Crippen LogP contribution < -0.4 is 28.4 Å². The van der Waals surface area contributed by atoms with Gasteiger partial charge in [0.2, 0.25) is 0 Å². The van der Waals surface area contributed by atoms with Gasteiger partial charge in [-0.05, 0) is 97.1 Å². The summed E-state index contributed by atoms with van der Waals surface area (Å²) in [5, 5.41) is 37.4. The standard InChI is InChI=1S/2C26H25ClFNO7/c2*1-34-23-8-6-20(29-25(23)16-3-5-19(28)18(27)11-16)26(33)17(14-31)12-21(32)15-4-7-22(36-10-9-30)24(13-15)35-2/h2*3-8,11,13,17,30-31H,9-10,12,14H2,1-2H3/t2*17-/m10/s1. The monoisotopic (exact) mass is 1030 g/mol. The number of aliphatic hydroxyl groups excluding tert-OH is 4. The summed E-state index contributed by atoms with van der Waals surface area (Å²) in [6.07, 6.45) is -0.554. The molecule has 72 heavy (non-hydrogen) atoms. The molecule has 2 aromatic heterocycles. The van der Waals surface area contributed by atoms with E-state index in [0.29, 0.717) is 45.6 Å². The molecule has 0 unspecified atom stereocenters. The minimum absolute atomic E-state index is 0.00318. The molecule has 0 fully saturated rings. The normalized spacial score (nSPS) is 11.6. The van der Waals surface area contributed by atoms with E-state index in [9.17, 15) is 38.2 Å². The number of aromatic nitrogens is 2. The molecular weight excluding hydrogens is 985 g/mol. The number of carbonyl (C=O) groups excluding carboxylic acids is 4. The molecule has 0 amide bonds. The average molecular weight is 1040 g/mol. The van der Waals surface area contributed by atoms with Crippen molar-refractivity contribution < 1.29 is 76.8 Å². The zero-order chi connectivity index (χ0) is 52.5. The average Bonchev–Trinajstić information content (AvgIpc) is 3.41. The molecule has 16 nitrogen and oxygen atoms in total. The Hall–Kier alpha value is -7.06. The molecule has 0 saturated carbocycles. The van der Waals surface area contributed by atoms with E-state index >= 15 is 0 Å². The van der Waals surface area contributed by atoms with Crippen molar-refractivity contribution in [3.05, 3.63) is 141 Å². The van der Waals surface area contributed by atoms with Crippen LogP contribution in [0, 0.1) is 23.5 Å². The van der Waals surface area contributed by atoms with Crippen LogP contribution in [0.2, 0.25) is 10.0 Å². The van der Waals surface area contributed by atoms with Crippen LogP contribution in [0.25, 0.3) is 22.5 Å². The van der Waals surface area contributed by atoms with E-state index in [4.69, 9.17) is 61.8 Å². The summed E-state index contributed by atoms with van der Waals surface area (Å²) in [5.74, 6) is -3.23. The maximum atomic E-state index is 13.6. The number of rotatable bonds is 24. The molecule has 0 aliphatic carbocycles. The number of aliphatic hydroxyl groups is 4. The van der Waals surface area contributed by atoms with Crippen LogP contribution >= 0.6 is 23.2 Å². The van der Waals surface area contributed by atoms with E-state index < -0.39 is 59.8 Å².